The minimum Gasteiger partial charge on any atom is -0.333 e. The molecular formula is C73H60N2. The van der Waals surface area contributed by atoms with Gasteiger partial charge in [0.2, 0.25) is 0 Å². The van der Waals surface area contributed by atoms with Gasteiger partial charge in [-0.3, -0.25) is 0 Å². The van der Waals surface area contributed by atoms with Crippen LogP contribution in [0.15, 0.2) is 231 Å². The van der Waals surface area contributed by atoms with E-state index in [9.17, 15) is 0 Å². The summed E-state index contributed by atoms with van der Waals surface area (Å²) in [5.74, 6) is 1.13. The van der Waals surface area contributed by atoms with Gasteiger partial charge in [-0.25, -0.2) is 0 Å². The summed E-state index contributed by atoms with van der Waals surface area (Å²) in [5, 5.41) is 2.54. The highest BCUT2D eigenvalue weighted by Gasteiger charge is 2.58. The minimum atomic E-state index is -0.0993. The Kier molecular flexibility index (Phi) is 9.39. The Morgan fingerprint density at radius 3 is 1.33 bits per heavy atom. The predicted octanol–water partition coefficient (Wildman–Crippen LogP) is 19.2. The Hall–Kier alpha value is -8.20. The maximum Gasteiger partial charge on any atom is 0.0672 e. The van der Waals surface area contributed by atoms with E-state index in [1.807, 2.05) is 0 Å². The molecule has 0 radical (unpaired) electrons. The van der Waals surface area contributed by atoms with Crippen molar-refractivity contribution in [1.29, 1.82) is 0 Å². The van der Waals surface area contributed by atoms with E-state index in [1.54, 1.807) is 0 Å². The van der Waals surface area contributed by atoms with Crippen LogP contribution in [-0.2, 0) is 16.2 Å². The standard InChI is InChI=1S/C73H60N2/c1-71(2)61-28-18-16-26-55(61)67-68(71)59-43-47(30-34-63(59)72(67,3)4)48-31-35-64-57(41-48)58-42-49(32-36-65(58)74(64)53-24-14-9-15-25-53)50-33-37-66-60(44-50)69-70(56-27-17-19-29-62(56)73(69,5)6)75(66)54-39-51(45-20-10-7-11-21-45)38-52(40-54)46-22-12-8-13-23-46/h7-44,67-70H,1-6H3. The predicted molar refractivity (Wildman–Crippen MR) is 314 cm³/mol. The molecule has 0 N–H and O–H groups in total. The lowest BCUT2D eigenvalue weighted by atomic mass is 9.72. The van der Waals surface area contributed by atoms with Gasteiger partial charge in [-0.15, -0.1) is 0 Å². The third-order valence-corrected chi connectivity index (χ3v) is 18.8. The number of fused-ring (bicyclic) bond motifs is 13. The van der Waals surface area contributed by atoms with E-state index < -0.39 is 0 Å². The monoisotopic (exact) mass is 964 g/mol. The summed E-state index contributed by atoms with van der Waals surface area (Å²) in [5.41, 5.74) is 26.4. The molecule has 11 aromatic rings. The average molecular weight is 965 g/mol. The normalized spacial score (nSPS) is 19.9. The van der Waals surface area contributed by atoms with Gasteiger partial charge in [0.05, 0.1) is 17.1 Å². The van der Waals surface area contributed by atoms with Gasteiger partial charge < -0.3 is 9.47 Å². The highest BCUT2D eigenvalue weighted by atomic mass is 15.2. The van der Waals surface area contributed by atoms with Gasteiger partial charge in [0.25, 0.3) is 0 Å². The number of hydrogen-bond donors (Lipinski definition) is 0. The first-order valence-corrected chi connectivity index (χ1v) is 27.1. The molecule has 2 heteroatoms. The average Bonchev–Trinajstić information content (AvgIpc) is 4.33. The van der Waals surface area contributed by atoms with E-state index in [0.717, 1.165) is 0 Å². The van der Waals surface area contributed by atoms with Crippen molar-refractivity contribution in [3.05, 3.63) is 269 Å². The van der Waals surface area contributed by atoms with Gasteiger partial charge in [-0.2, -0.15) is 0 Å². The Labute approximate surface area is 441 Å². The summed E-state index contributed by atoms with van der Waals surface area (Å²) in [6.07, 6.45) is 0. The van der Waals surface area contributed by atoms with Crippen LogP contribution in [0.5, 0.6) is 0 Å². The molecule has 2 heterocycles. The molecule has 0 saturated heterocycles. The molecular weight excluding hydrogens is 905 g/mol. The highest BCUT2D eigenvalue weighted by molar-refractivity contribution is 6.11. The highest BCUT2D eigenvalue weighted by Crippen LogP contribution is 2.68. The van der Waals surface area contributed by atoms with Crippen molar-refractivity contribution >= 4 is 33.2 Å². The summed E-state index contributed by atoms with van der Waals surface area (Å²) in [7, 11) is 0. The fraction of sp³-hybridized carbons (Fsp3) is 0.178. The number of aromatic nitrogens is 1. The van der Waals surface area contributed by atoms with Gasteiger partial charge >= 0.3 is 0 Å². The number of nitrogens with zero attached hydrogens (tertiary/aromatic N) is 2. The first kappa shape index (κ1) is 44.3. The van der Waals surface area contributed by atoms with E-state index in [4.69, 9.17) is 0 Å². The molecule has 0 saturated carbocycles. The fourth-order valence-electron chi connectivity index (χ4n) is 15.4. The molecule has 1 aliphatic heterocycles. The third-order valence-electron chi connectivity index (χ3n) is 18.8. The van der Waals surface area contributed by atoms with Crippen LogP contribution >= 0.6 is 0 Å². The van der Waals surface area contributed by atoms with Crippen LogP contribution in [0.2, 0.25) is 0 Å². The number of rotatable bonds is 6. The largest absolute Gasteiger partial charge is 0.333 e. The molecule has 10 aromatic carbocycles. The Morgan fingerprint density at radius 1 is 0.293 bits per heavy atom. The first-order chi connectivity index (χ1) is 36.5. The second kappa shape index (κ2) is 15.9. The van der Waals surface area contributed by atoms with E-state index in [2.05, 4.69) is 282 Å². The van der Waals surface area contributed by atoms with Gasteiger partial charge in [0, 0.05) is 45.6 Å². The van der Waals surface area contributed by atoms with Crippen LogP contribution in [-0.4, -0.2) is 4.57 Å². The Balaban J connectivity index is 0.887. The Morgan fingerprint density at radius 2 is 0.733 bits per heavy atom. The van der Waals surface area contributed by atoms with Crippen LogP contribution in [0.3, 0.4) is 0 Å². The number of benzene rings is 10. The smallest absolute Gasteiger partial charge is 0.0672 e. The summed E-state index contributed by atoms with van der Waals surface area (Å²) in [6.45, 7) is 14.9. The van der Waals surface area contributed by atoms with Crippen molar-refractivity contribution in [2.24, 2.45) is 0 Å². The summed E-state index contributed by atoms with van der Waals surface area (Å²) in [4.78, 5) is 2.68. The van der Waals surface area contributed by atoms with E-state index in [-0.39, 0.29) is 28.2 Å². The maximum atomic E-state index is 2.68. The topological polar surface area (TPSA) is 8.17 Å². The molecule has 0 spiro atoms. The van der Waals surface area contributed by atoms with Gasteiger partial charge in [0.1, 0.15) is 0 Å². The second-order valence-corrected chi connectivity index (χ2v) is 23.8. The molecule has 4 unspecified atom stereocenters. The number of anilines is 2. The summed E-state index contributed by atoms with van der Waals surface area (Å²) < 4.78 is 2.46. The zero-order valence-electron chi connectivity index (χ0n) is 43.6. The number of hydrogen-bond acceptors (Lipinski definition) is 1. The zero-order valence-corrected chi connectivity index (χ0v) is 43.6. The van der Waals surface area contributed by atoms with Crippen molar-refractivity contribution in [2.75, 3.05) is 4.90 Å². The fourth-order valence-corrected chi connectivity index (χ4v) is 15.4. The molecule has 2 nitrogen and oxygen atoms in total. The summed E-state index contributed by atoms with van der Waals surface area (Å²) in [6, 6.07) is 87.7. The molecule has 0 bridgehead atoms. The molecule has 4 atom stereocenters. The molecule has 0 amide bonds. The molecule has 15 rings (SSSR count). The quantitative estimate of drug-likeness (QED) is 0.161. The van der Waals surface area contributed by atoms with E-state index >= 15 is 0 Å². The third kappa shape index (κ3) is 6.32. The molecule has 4 aliphatic rings. The Bertz CT molecular complexity index is 4060. The van der Waals surface area contributed by atoms with Crippen LogP contribution in [0.1, 0.15) is 104 Å². The second-order valence-electron chi connectivity index (χ2n) is 23.8. The van der Waals surface area contributed by atoms with Crippen LogP contribution < -0.4 is 4.90 Å². The lowest BCUT2D eigenvalue weighted by molar-refractivity contribution is 0.349. The minimum absolute atomic E-state index is 0.0411. The first-order valence-electron chi connectivity index (χ1n) is 27.1. The van der Waals surface area contributed by atoms with Crippen LogP contribution in [0.4, 0.5) is 11.4 Å². The van der Waals surface area contributed by atoms with Crippen LogP contribution in [0.25, 0.3) is 72.0 Å². The summed E-state index contributed by atoms with van der Waals surface area (Å²) >= 11 is 0. The van der Waals surface area contributed by atoms with Crippen molar-refractivity contribution in [1.82, 2.24) is 4.57 Å². The van der Waals surface area contributed by atoms with E-state index in [1.165, 1.54) is 122 Å². The molecule has 0 fully saturated rings. The van der Waals surface area contributed by atoms with E-state index in [0.29, 0.717) is 11.8 Å². The lowest BCUT2D eigenvalue weighted by Gasteiger charge is -2.31. The van der Waals surface area contributed by atoms with Gasteiger partial charge in [-0.05, 0) is 166 Å². The molecule has 362 valence electrons. The van der Waals surface area contributed by atoms with Crippen molar-refractivity contribution < 1.29 is 0 Å². The van der Waals surface area contributed by atoms with Crippen LogP contribution in [0, 0.1) is 0 Å². The molecule has 1 aromatic heterocycles. The molecule has 75 heavy (non-hydrogen) atoms. The van der Waals surface area contributed by atoms with Crippen molar-refractivity contribution in [3.8, 4) is 50.2 Å². The van der Waals surface area contributed by atoms with Crippen molar-refractivity contribution in [2.45, 2.75) is 81.6 Å². The van der Waals surface area contributed by atoms with Crippen molar-refractivity contribution in [3.63, 3.8) is 0 Å². The maximum absolute atomic E-state index is 2.68. The van der Waals surface area contributed by atoms with Gasteiger partial charge in [0.15, 0.2) is 0 Å². The zero-order chi connectivity index (χ0) is 50.5. The number of para-hydroxylation sites is 1. The molecule has 3 aliphatic carbocycles. The van der Waals surface area contributed by atoms with Gasteiger partial charge in [-0.1, -0.05) is 205 Å². The lowest BCUT2D eigenvalue weighted by Crippen LogP contribution is -2.25. The SMILES string of the molecule is CC1(C)c2ccccc2C2C1c1cc(-c3ccc4c(c3)c3cc(-c5ccc6c(c5)C5C(c7ccccc7C5(C)C)C6(C)C)ccc3n4-c3ccccc3)ccc1N2c1cc(-c2ccccc2)cc(-c2ccccc2)c1.